The van der Waals surface area contributed by atoms with Crippen LogP contribution in [0.1, 0.15) is 33.6 Å². The maximum Gasteiger partial charge on any atom is 0.230 e. The van der Waals surface area contributed by atoms with E-state index in [1.54, 1.807) is 0 Å². The lowest BCUT2D eigenvalue weighted by Gasteiger charge is -2.25. The van der Waals surface area contributed by atoms with Gasteiger partial charge >= 0.3 is 0 Å². The summed E-state index contributed by atoms with van der Waals surface area (Å²) in [7, 11) is 0. The lowest BCUT2D eigenvalue weighted by Crippen LogP contribution is -2.43. The second kappa shape index (κ2) is 4.65. The van der Waals surface area contributed by atoms with Gasteiger partial charge in [-0.2, -0.15) is 12.6 Å². The fraction of sp³-hybridized carbons (Fsp3) is 0.875. The molecule has 1 N–H and O–H groups in total. The SMILES string of the molecule is CCCC(C)(C)NC(=O)CS. The highest BCUT2D eigenvalue weighted by molar-refractivity contribution is 7.81. The summed E-state index contributed by atoms with van der Waals surface area (Å²) in [6, 6.07) is 0. The number of hydrogen-bond donors (Lipinski definition) is 2. The predicted octanol–water partition coefficient (Wildman–Crippen LogP) is 1.61. The van der Waals surface area contributed by atoms with Crippen molar-refractivity contribution in [1.29, 1.82) is 0 Å². The quantitative estimate of drug-likeness (QED) is 0.625. The van der Waals surface area contributed by atoms with Gasteiger partial charge in [-0.3, -0.25) is 4.79 Å². The fourth-order valence-electron chi connectivity index (χ4n) is 1.10. The number of nitrogens with one attached hydrogen (secondary N) is 1. The summed E-state index contributed by atoms with van der Waals surface area (Å²) in [4.78, 5) is 10.9. The van der Waals surface area contributed by atoms with Crippen LogP contribution in [0.4, 0.5) is 0 Å². The summed E-state index contributed by atoms with van der Waals surface area (Å²) in [6.45, 7) is 6.16. The third-order valence-electron chi connectivity index (χ3n) is 1.50. The van der Waals surface area contributed by atoms with Crippen LogP contribution in [0.15, 0.2) is 0 Å². The zero-order chi connectivity index (χ0) is 8.91. The molecule has 11 heavy (non-hydrogen) atoms. The third-order valence-corrected chi connectivity index (χ3v) is 1.78. The average molecular weight is 175 g/mol. The molecule has 0 saturated carbocycles. The molecule has 0 aromatic rings. The third kappa shape index (κ3) is 5.13. The van der Waals surface area contributed by atoms with E-state index in [1.807, 2.05) is 13.8 Å². The van der Waals surface area contributed by atoms with E-state index in [-0.39, 0.29) is 17.2 Å². The smallest absolute Gasteiger partial charge is 0.230 e. The Labute approximate surface area is 74.2 Å². The van der Waals surface area contributed by atoms with Gasteiger partial charge in [-0.05, 0) is 20.3 Å². The van der Waals surface area contributed by atoms with Crippen molar-refractivity contribution in [3.8, 4) is 0 Å². The second-order valence-corrected chi connectivity index (χ2v) is 3.66. The molecule has 3 heteroatoms. The van der Waals surface area contributed by atoms with Gasteiger partial charge in [-0.15, -0.1) is 0 Å². The minimum absolute atomic E-state index is 0.00628. The predicted molar refractivity (Wildman–Crippen MR) is 51.0 cm³/mol. The standard InChI is InChI=1S/C8H17NOS/c1-4-5-8(2,3)9-7(10)6-11/h11H,4-6H2,1-3H3,(H,9,10). The van der Waals surface area contributed by atoms with Crippen LogP contribution in [-0.4, -0.2) is 17.2 Å². The summed E-state index contributed by atoms with van der Waals surface area (Å²) in [5.74, 6) is 0.277. The zero-order valence-corrected chi connectivity index (χ0v) is 8.37. The first-order valence-corrected chi connectivity index (χ1v) is 4.57. The van der Waals surface area contributed by atoms with Crippen LogP contribution in [-0.2, 0) is 4.79 Å². The Morgan fingerprint density at radius 1 is 1.55 bits per heavy atom. The van der Waals surface area contributed by atoms with Crippen LogP contribution in [0, 0.1) is 0 Å². The van der Waals surface area contributed by atoms with Crippen molar-refractivity contribution in [3.63, 3.8) is 0 Å². The normalized spacial score (nSPS) is 11.3. The van der Waals surface area contributed by atoms with Gasteiger partial charge in [0.1, 0.15) is 0 Å². The molecule has 0 saturated heterocycles. The Hall–Kier alpha value is -0.180. The highest BCUT2D eigenvalue weighted by Gasteiger charge is 2.17. The molecule has 0 aliphatic heterocycles. The minimum atomic E-state index is -0.0748. The molecule has 0 aromatic carbocycles. The zero-order valence-electron chi connectivity index (χ0n) is 7.48. The topological polar surface area (TPSA) is 29.1 Å². The molecule has 0 bridgehead atoms. The molecule has 66 valence electrons. The van der Waals surface area contributed by atoms with E-state index in [2.05, 4.69) is 24.9 Å². The molecule has 1 amide bonds. The molecule has 0 rings (SSSR count). The van der Waals surface area contributed by atoms with Crippen molar-refractivity contribution in [1.82, 2.24) is 5.32 Å². The van der Waals surface area contributed by atoms with Crippen molar-refractivity contribution >= 4 is 18.5 Å². The Morgan fingerprint density at radius 2 is 2.09 bits per heavy atom. The molecule has 0 atom stereocenters. The number of carbonyl (C=O) groups excluding carboxylic acids is 1. The molecule has 0 unspecified atom stereocenters. The monoisotopic (exact) mass is 175 g/mol. The summed E-state index contributed by atoms with van der Waals surface area (Å²) in [5, 5.41) is 2.89. The van der Waals surface area contributed by atoms with Gasteiger partial charge in [0.05, 0.1) is 5.75 Å². The second-order valence-electron chi connectivity index (χ2n) is 3.34. The van der Waals surface area contributed by atoms with Crippen molar-refractivity contribution in [2.24, 2.45) is 0 Å². The van der Waals surface area contributed by atoms with E-state index in [9.17, 15) is 4.79 Å². The number of carbonyl (C=O) groups is 1. The van der Waals surface area contributed by atoms with Gasteiger partial charge in [0.25, 0.3) is 0 Å². The highest BCUT2D eigenvalue weighted by atomic mass is 32.1. The van der Waals surface area contributed by atoms with Gasteiger partial charge in [0, 0.05) is 5.54 Å². The van der Waals surface area contributed by atoms with Crippen LogP contribution < -0.4 is 5.32 Å². The molecule has 2 nitrogen and oxygen atoms in total. The molecule has 0 spiro atoms. The molecular formula is C8H17NOS. The summed E-state index contributed by atoms with van der Waals surface area (Å²) >= 11 is 3.88. The molecule has 0 aliphatic rings. The lowest BCUT2D eigenvalue weighted by molar-refractivity contribution is -0.120. The molecular weight excluding hydrogens is 158 g/mol. The highest BCUT2D eigenvalue weighted by Crippen LogP contribution is 2.10. The molecule has 0 aliphatic carbocycles. The van der Waals surface area contributed by atoms with Crippen LogP contribution in [0.3, 0.4) is 0 Å². The van der Waals surface area contributed by atoms with E-state index in [0.717, 1.165) is 12.8 Å². The molecule has 0 fully saturated rings. The van der Waals surface area contributed by atoms with E-state index < -0.39 is 0 Å². The van der Waals surface area contributed by atoms with Crippen molar-refractivity contribution < 1.29 is 4.79 Å². The van der Waals surface area contributed by atoms with Crippen LogP contribution in [0.2, 0.25) is 0 Å². The van der Waals surface area contributed by atoms with E-state index in [1.165, 1.54) is 0 Å². The van der Waals surface area contributed by atoms with Gasteiger partial charge in [0.2, 0.25) is 5.91 Å². The first-order valence-electron chi connectivity index (χ1n) is 3.93. The number of hydrogen-bond acceptors (Lipinski definition) is 2. The number of rotatable bonds is 4. The van der Waals surface area contributed by atoms with Gasteiger partial charge in [-0.25, -0.2) is 0 Å². The van der Waals surface area contributed by atoms with Crippen molar-refractivity contribution in [2.75, 3.05) is 5.75 Å². The van der Waals surface area contributed by atoms with E-state index in [4.69, 9.17) is 0 Å². The summed E-state index contributed by atoms with van der Waals surface area (Å²) < 4.78 is 0. The first kappa shape index (κ1) is 10.8. The van der Waals surface area contributed by atoms with Gasteiger partial charge < -0.3 is 5.32 Å². The Balaban J connectivity index is 3.80. The maximum atomic E-state index is 10.9. The molecule has 0 heterocycles. The van der Waals surface area contributed by atoms with Crippen LogP contribution >= 0.6 is 12.6 Å². The van der Waals surface area contributed by atoms with E-state index >= 15 is 0 Å². The van der Waals surface area contributed by atoms with Gasteiger partial charge in [-0.1, -0.05) is 13.3 Å². The lowest BCUT2D eigenvalue weighted by atomic mass is 9.99. The largest absolute Gasteiger partial charge is 0.351 e. The maximum absolute atomic E-state index is 10.9. The molecule has 0 aromatic heterocycles. The van der Waals surface area contributed by atoms with Crippen molar-refractivity contribution in [2.45, 2.75) is 39.2 Å². The number of thiol groups is 1. The Kier molecular flexibility index (Phi) is 4.57. The number of amides is 1. The average Bonchev–Trinajstić information content (AvgIpc) is 1.86. The Bertz CT molecular complexity index is 134. The summed E-state index contributed by atoms with van der Waals surface area (Å²) in [6.07, 6.45) is 2.09. The van der Waals surface area contributed by atoms with Crippen LogP contribution in [0.25, 0.3) is 0 Å². The molecule has 0 radical (unpaired) electrons. The van der Waals surface area contributed by atoms with Crippen molar-refractivity contribution in [3.05, 3.63) is 0 Å². The fourth-order valence-corrected chi connectivity index (χ4v) is 1.18. The van der Waals surface area contributed by atoms with Crippen LogP contribution in [0.5, 0.6) is 0 Å². The summed E-state index contributed by atoms with van der Waals surface area (Å²) in [5.41, 5.74) is -0.0748. The Morgan fingerprint density at radius 3 is 2.45 bits per heavy atom. The van der Waals surface area contributed by atoms with Gasteiger partial charge in [0.15, 0.2) is 0 Å². The minimum Gasteiger partial charge on any atom is -0.351 e. The van der Waals surface area contributed by atoms with E-state index in [0.29, 0.717) is 0 Å². The first-order chi connectivity index (χ1) is 5.02.